The number of carbonyl (C=O) groups is 1. The van der Waals surface area contributed by atoms with Crippen molar-refractivity contribution in [1.82, 2.24) is 14.8 Å². The molecule has 2 aromatic carbocycles. The monoisotopic (exact) mass is 395 g/mol. The second kappa shape index (κ2) is 10.00. The summed E-state index contributed by atoms with van der Waals surface area (Å²) < 4.78 is 2.17. The molecule has 0 unspecified atom stereocenters. The van der Waals surface area contributed by atoms with Crippen molar-refractivity contribution in [2.75, 3.05) is 6.54 Å². The molecule has 0 radical (unpaired) electrons. The molecule has 28 heavy (non-hydrogen) atoms. The Balaban J connectivity index is 1.65. The molecule has 0 bridgehead atoms. The van der Waals surface area contributed by atoms with Gasteiger partial charge in [0.2, 0.25) is 0 Å². The number of nitrogens with zero attached hydrogens (tertiary/aromatic N) is 2. The Bertz CT molecular complexity index is 892. The molecule has 0 aliphatic heterocycles. The molecule has 2 amide bonds. The zero-order chi connectivity index (χ0) is 19.8. The predicted octanol–water partition coefficient (Wildman–Crippen LogP) is 5.31. The Kier molecular flexibility index (Phi) is 7.15. The van der Waals surface area contributed by atoms with Crippen molar-refractivity contribution in [3.8, 4) is 0 Å². The Morgan fingerprint density at radius 1 is 1.04 bits per heavy atom. The van der Waals surface area contributed by atoms with E-state index in [1.165, 1.54) is 0 Å². The van der Waals surface area contributed by atoms with Crippen molar-refractivity contribution in [3.63, 3.8) is 0 Å². The van der Waals surface area contributed by atoms with Crippen LogP contribution in [0.25, 0.3) is 0 Å². The molecular weight excluding hydrogens is 370 g/mol. The smallest absolute Gasteiger partial charge is 0.318 e. The van der Waals surface area contributed by atoms with Crippen molar-refractivity contribution in [2.24, 2.45) is 0 Å². The maximum Gasteiger partial charge on any atom is 0.318 e. The van der Waals surface area contributed by atoms with Crippen LogP contribution in [0.1, 0.15) is 30.2 Å². The Morgan fingerprint density at radius 2 is 1.82 bits per heavy atom. The lowest BCUT2D eigenvalue weighted by Gasteiger charge is -2.23. The zero-order valence-electron chi connectivity index (χ0n) is 16.1. The Hall–Kier alpha value is -2.72. The second-order valence-corrected chi connectivity index (χ2v) is 7.26. The fraction of sp³-hybridized carbons (Fsp3) is 0.261. The third kappa shape index (κ3) is 5.64. The van der Waals surface area contributed by atoms with E-state index in [4.69, 9.17) is 11.6 Å². The van der Waals surface area contributed by atoms with Gasteiger partial charge in [-0.3, -0.25) is 0 Å². The van der Waals surface area contributed by atoms with E-state index in [2.05, 4.69) is 28.9 Å². The van der Waals surface area contributed by atoms with Crippen molar-refractivity contribution >= 4 is 17.6 Å². The van der Waals surface area contributed by atoms with Gasteiger partial charge in [0.15, 0.2) is 0 Å². The molecule has 0 aliphatic carbocycles. The van der Waals surface area contributed by atoms with Gasteiger partial charge < -0.3 is 14.8 Å². The molecule has 3 rings (SSSR count). The van der Waals surface area contributed by atoms with E-state index in [0.717, 1.165) is 34.8 Å². The molecule has 1 aromatic heterocycles. The van der Waals surface area contributed by atoms with Crippen LogP contribution in [0.2, 0.25) is 5.02 Å². The number of benzene rings is 2. The maximum atomic E-state index is 12.7. The summed E-state index contributed by atoms with van der Waals surface area (Å²) in [6.07, 6.45) is 2.95. The van der Waals surface area contributed by atoms with E-state index in [0.29, 0.717) is 19.6 Å². The highest BCUT2D eigenvalue weighted by Gasteiger charge is 2.15. The van der Waals surface area contributed by atoms with Gasteiger partial charge in [-0.25, -0.2) is 4.79 Å². The van der Waals surface area contributed by atoms with Gasteiger partial charge in [-0.05, 0) is 41.8 Å². The first kappa shape index (κ1) is 20.0. The number of rotatable bonds is 8. The van der Waals surface area contributed by atoms with Crippen molar-refractivity contribution in [3.05, 3.63) is 94.8 Å². The van der Waals surface area contributed by atoms with Gasteiger partial charge in [-0.1, -0.05) is 61.0 Å². The predicted molar refractivity (Wildman–Crippen MR) is 114 cm³/mol. The summed E-state index contributed by atoms with van der Waals surface area (Å²) in [5.74, 6) is 0. The molecule has 0 aliphatic rings. The van der Waals surface area contributed by atoms with Gasteiger partial charge in [0.05, 0.1) is 6.54 Å². The van der Waals surface area contributed by atoms with Crippen LogP contribution in [0.5, 0.6) is 0 Å². The van der Waals surface area contributed by atoms with E-state index in [-0.39, 0.29) is 6.03 Å². The third-order valence-electron chi connectivity index (χ3n) is 4.59. The minimum atomic E-state index is -0.0405. The number of hydrogen-bond acceptors (Lipinski definition) is 1. The molecule has 0 saturated carbocycles. The van der Waals surface area contributed by atoms with Crippen LogP contribution < -0.4 is 5.32 Å². The molecule has 0 fully saturated rings. The van der Waals surface area contributed by atoms with E-state index < -0.39 is 0 Å². The lowest BCUT2D eigenvalue weighted by atomic mass is 10.2. The first-order chi connectivity index (χ1) is 13.7. The lowest BCUT2D eigenvalue weighted by Crippen LogP contribution is -2.40. The molecule has 146 valence electrons. The lowest BCUT2D eigenvalue weighted by molar-refractivity contribution is 0.193. The van der Waals surface area contributed by atoms with Crippen LogP contribution in [-0.2, 0) is 19.6 Å². The number of hydrogen-bond donors (Lipinski definition) is 1. The molecule has 3 aromatic rings. The van der Waals surface area contributed by atoms with Crippen LogP contribution in [0, 0.1) is 0 Å². The van der Waals surface area contributed by atoms with E-state index in [9.17, 15) is 4.79 Å². The summed E-state index contributed by atoms with van der Waals surface area (Å²) in [7, 11) is 0. The molecular formula is C23H26ClN3O. The quantitative estimate of drug-likeness (QED) is 0.551. The van der Waals surface area contributed by atoms with Gasteiger partial charge in [0.25, 0.3) is 0 Å². The third-order valence-corrected chi connectivity index (χ3v) is 4.82. The average Bonchev–Trinajstić information content (AvgIpc) is 3.13. The number of halogens is 1. The van der Waals surface area contributed by atoms with Crippen LogP contribution in [0.15, 0.2) is 72.9 Å². The second-order valence-electron chi connectivity index (χ2n) is 6.82. The average molecular weight is 396 g/mol. The molecule has 1 heterocycles. The van der Waals surface area contributed by atoms with Crippen LogP contribution in [0.4, 0.5) is 4.79 Å². The summed E-state index contributed by atoms with van der Waals surface area (Å²) in [5, 5.41) is 3.77. The molecule has 0 saturated heterocycles. The fourth-order valence-corrected chi connectivity index (χ4v) is 3.40. The highest BCUT2D eigenvalue weighted by molar-refractivity contribution is 6.30. The zero-order valence-corrected chi connectivity index (χ0v) is 16.9. The summed E-state index contributed by atoms with van der Waals surface area (Å²) in [5.41, 5.74) is 3.33. The van der Waals surface area contributed by atoms with Crippen LogP contribution in [-0.4, -0.2) is 22.0 Å². The van der Waals surface area contributed by atoms with Gasteiger partial charge in [-0.2, -0.15) is 0 Å². The summed E-state index contributed by atoms with van der Waals surface area (Å²) in [4.78, 5) is 14.6. The summed E-state index contributed by atoms with van der Waals surface area (Å²) in [6, 6.07) is 21.9. The molecule has 0 atom stereocenters. The summed E-state index contributed by atoms with van der Waals surface area (Å²) >= 11 is 6.11. The number of aromatic nitrogens is 1. The number of amides is 2. The van der Waals surface area contributed by atoms with E-state index in [1.54, 1.807) is 0 Å². The fourth-order valence-electron chi connectivity index (χ4n) is 3.18. The number of carbonyl (C=O) groups excluding carboxylic acids is 1. The summed E-state index contributed by atoms with van der Waals surface area (Å²) in [6.45, 7) is 4.63. The number of urea groups is 1. The largest absolute Gasteiger partial charge is 0.345 e. The molecule has 4 nitrogen and oxygen atoms in total. The Morgan fingerprint density at radius 3 is 2.57 bits per heavy atom. The van der Waals surface area contributed by atoms with Crippen LogP contribution >= 0.6 is 11.6 Å². The van der Waals surface area contributed by atoms with Gasteiger partial charge >= 0.3 is 6.03 Å². The minimum absolute atomic E-state index is 0.0405. The van der Waals surface area contributed by atoms with Gasteiger partial charge in [0.1, 0.15) is 0 Å². The van der Waals surface area contributed by atoms with E-state index >= 15 is 0 Å². The number of nitrogens with one attached hydrogen (secondary N) is 1. The van der Waals surface area contributed by atoms with Crippen molar-refractivity contribution in [2.45, 2.75) is 33.0 Å². The SMILES string of the molecule is CCCN(Cc1cccn1Cc1cccc(Cl)c1)C(=O)NCc1ccccc1. The van der Waals surface area contributed by atoms with E-state index in [1.807, 2.05) is 65.7 Å². The highest BCUT2D eigenvalue weighted by atomic mass is 35.5. The first-order valence-electron chi connectivity index (χ1n) is 9.61. The molecule has 1 N–H and O–H groups in total. The Labute approximate surface area is 171 Å². The highest BCUT2D eigenvalue weighted by Crippen LogP contribution is 2.15. The van der Waals surface area contributed by atoms with Crippen molar-refractivity contribution < 1.29 is 4.79 Å². The van der Waals surface area contributed by atoms with Gasteiger partial charge in [0, 0.05) is 36.5 Å². The van der Waals surface area contributed by atoms with Crippen LogP contribution in [0.3, 0.4) is 0 Å². The normalized spacial score (nSPS) is 10.6. The minimum Gasteiger partial charge on any atom is -0.345 e. The topological polar surface area (TPSA) is 37.3 Å². The standard InChI is InChI=1S/C23H26ClN3O/c1-2-13-27(23(28)25-16-19-8-4-3-5-9-19)18-22-12-7-14-26(22)17-20-10-6-11-21(24)15-20/h3-12,14-15H,2,13,16-18H2,1H3,(H,25,28). The first-order valence-corrected chi connectivity index (χ1v) is 9.98. The molecule has 0 spiro atoms. The molecule has 5 heteroatoms. The van der Waals surface area contributed by atoms with Crippen molar-refractivity contribution in [1.29, 1.82) is 0 Å². The maximum absolute atomic E-state index is 12.7. The van der Waals surface area contributed by atoms with Gasteiger partial charge in [-0.15, -0.1) is 0 Å².